The van der Waals surface area contributed by atoms with Crippen LogP contribution in [0.4, 0.5) is 0 Å². The second kappa shape index (κ2) is 5.79. The summed E-state index contributed by atoms with van der Waals surface area (Å²) in [5.74, 6) is 0.884. The van der Waals surface area contributed by atoms with Gasteiger partial charge in [0.05, 0.1) is 0 Å². The highest BCUT2D eigenvalue weighted by Crippen LogP contribution is 1.97. The number of nitrogens with one attached hydrogen (secondary N) is 2. The normalized spacial score (nSPS) is 10.1. The second-order valence-electron chi connectivity index (χ2n) is 3.63. The van der Waals surface area contributed by atoms with Crippen molar-refractivity contribution in [3.8, 4) is 0 Å². The fourth-order valence-electron chi connectivity index (χ4n) is 1.50. The number of amides is 1. The van der Waals surface area contributed by atoms with Gasteiger partial charge >= 0.3 is 0 Å². The second-order valence-corrected chi connectivity index (χ2v) is 3.63. The SMILES string of the molecule is O=C(NCCCc1ncc[nH]1)c1ccncc1. The van der Waals surface area contributed by atoms with Crippen LogP contribution < -0.4 is 5.32 Å². The van der Waals surface area contributed by atoms with E-state index in [1.54, 1.807) is 36.9 Å². The zero-order chi connectivity index (χ0) is 11.9. The van der Waals surface area contributed by atoms with Gasteiger partial charge < -0.3 is 10.3 Å². The Morgan fingerprint density at radius 1 is 1.29 bits per heavy atom. The van der Waals surface area contributed by atoms with Crippen molar-refractivity contribution >= 4 is 5.91 Å². The molecule has 1 amide bonds. The van der Waals surface area contributed by atoms with Crippen LogP contribution >= 0.6 is 0 Å². The van der Waals surface area contributed by atoms with E-state index in [0.29, 0.717) is 12.1 Å². The van der Waals surface area contributed by atoms with Crippen molar-refractivity contribution in [1.82, 2.24) is 20.3 Å². The number of hydrogen-bond donors (Lipinski definition) is 2. The summed E-state index contributed by atoms with van der Waals surface area (Å²) in [7, 11) is 0. The number of imidazole rings is 1. The maximum absolute atomic E-state index is 11.6. The van der Waals surface area contributed by atoms with E-state index in [9.17, 15) is 4.79 Å². The van der Waals surface area contributed by atoms with Gasteiger partial charge in [0.1, 0.15) is 5.82 Å². The van der Waals surface area contributed by atoms with Crippen molar-refractivity contribution in [3.63, 3.8) is 0 Å². The van der Waals surface area contributed by atoms with E-state index in [4.69, 9.17) is 0 Å². The molecule has 0 unspecified atom stereocenters. The molecule has 0 fully saturated rings. The first-order chi connectivity index (χ1) is 8.36. The van der Waals surface area contributed by atoms with Gasteiger partial charge in [-0.05, 0) is 18.6 Å². The van der Waals surface area contributed by atoms with Gasteiger partial charge in [-0.3, -0.25) is 9.78 Å². The van der Waals surface area contributed by atoms with Gasteiger partial charge in [-0.15, -0.1) is 0 Å². The molecule has 0 saturated carbocycles. The van der Waals surface area contributed by atoms with E-state index in [-0.39, 0.29) is 5.91 Å². The van der Waals surface area contributed by atoms with Crippen LogP contribution in [0, 0.1) is 0 Å². The summed E-state index contributed by atoms with van der Waals surface area (Å²) in [5, 5.41) is 2.85. The summed E-state index contributed by atoms with van der Waals surface area (Å²) in [6.07, 6.45) is 8.44. The number of nitrogens with zero attached hydrogens (tertiary/aromatic N) is 2. The lowest BCUT2D eigenvalue weighted by Crippen LogP contribution is -2.24. The van der Waals surface area contributed by atoms with E-state index in [2.05, 4.69) is 20.3 Å². The Kier molecular flexibility index (Phi) is 3.85. The van der Waals surface area contributed by atoms with Crippen molar-refractivity contribution in [2.75, 3.05) is 6.54 Å². The predicted molar refractivity (Wildman–Crippen MR) is 63.5 cm³/mol. The number of aryl methyl sites for hydroxylation is 1. The Bertz CT molecular complexity index is 453. The van der Waals surface area contributed by atoms with Gasteiger partial charge in [0, 0.05) is 43.3 Å². The minimum Gasteiger partial charge on any atom is -0.352 e. The number of aromatic amines is 1. The minimum atomic E-state index is -0.0631. The van der Waals surface area contributed by atoms with Crippen LogP contribution in [0.2, 0.25) is 0 Å². The van der Waals surface area contributed by atoms with Crippen molar-refractivity contribution in [3.05, 3.63) is 48.3 Å². The molecule has 2 heterocycles. The Hall–Kier alpha value is -2.17. The van der Waals surface area contributed by atoms with Crippen molar-refractivity contribution in [2.45, 2.75) is 12.8 Å². The largest absolute Gasteiger partial charge is 0.352 e. The molecule has 0 aliphatic carbocycles. The summed E-state index contributed by atoms with van der Waals surface area (Å²) in [6.45, 7) is 0.641. The number of pyridine rings is 1. The maximum atomic E-state index is 11.6. The van der Waals surface area contributed by atoms with Gasteiger partial charge in [-0.1, -0.05) is 0 Å². The molecule has 0 aliphatic rings. The summed E-state index contributed by atoms with van der Waals surface area (Å²) in [6, 6.07) is 3.39. The number of H-pyrrole nitrogens is 1. The summed E-state index contributed by atoms with van der Waals surface area (Å²) < 4.78 is 0. The first-order valence-electron chi connectivity index (χ1n) is 5.53. The Morgan fingerprint density at radius 3 is 2.82 bits per heavy atom. The van der Waals surface area contributed by atoms with Crippen molar-refractivity contribution in [1.29, 1.82) is 0 Å². The third kappa shape index (κ3) is 3.41. The first-order valence-corrected chi connectivity index (χ1v) is 5.53. The third-order valence-electron chi connectivity index (χ3n) is 2.37. The molecule has 88 valence electrons. The zero-order valence-electron chi connectivity index (χ0n) is 9.39. The molecule has 2 rings (SSSR count). The van der Waals surface area contributed by atoms with Crippen LogP contribution in [0.15, 0.2) is 36.9 Å². The molecule has 0 aliphatic heterocycles. The zero-order valence-corrected chi connectivity index (χ0v) is 9.39. The lowest BCUT2D eigenvalue weighted by atomic mass is 10.2. The number of hydrogen-bond acceptors (Lipinski definition) is 3. The molecule has 2 aromatic heterocycles. The summed E-state index contributed by atoms with van der Waals surface area (Å²) in [5.41, 5.74) is 0.637. The molecular formula is C12H14N4O. The molecule has 17 heavy (non-hydrogen) atoms. The minimum absolute atomic E-state index is 0.0631. The van der Waals surface area contributed by atoms with Crippen LogP contribution in [-0.2, 0) is 6.42 Å². The standard InChI is InChI=1S/C12H14N4O/c17-12(10-3-6-13-7-4-10)16-5-1-2-11-14-8-9-15-11/h3-4,6-9H,1-2,5H2,(H,14,15)(H,16,17). The van der Waals surface area contributed by atoms with Gasteiger partial charge in [-0.2, -0.15) is 0 Å². The molecule has 2 N–H and O–H groups in total. The fraction of sp³-hybridized carbons (Fsp3) is 0.250. The molecular weight excluding hydrogens is 216 g/mol. The van der Waals surface area contributed by atoms with E-state index in [0.717, 1.165) is 18.7 Å². The highest BCUT2D eigenvalue weighted by Gasteiger charge is 2.03. The average molecular weight is 230 g/mol. The van der Waals surface area contributed by atoms with E-state index in [1.807, 2.05) is 0 Å². The monoisotopic (exact) mass is 230 g/mol. The van der Waals surface area contributed by atoms with Crippen molar-refractivity contribution < 1.29 is 4.79 Å². The van der Waals surface area contributed by atoms with Gasteiger partial charge in [0.2, 0.25) is 0 Å². The van der Waals surface area contributed by atoms with E-state index in [1.165, 1.54) is 0 Å². The van der Waals surface area contributed by atoms with Gasteiger partial charge in [0.15, 0.2) is 0 Å². The lowest BCUT2D eigenvalue weighted by molar-refractivity contribution is 0.0953. The van der Waals surface area contributed by atoms with Gasteiger partial charge in [-0.25, -0.2) is 4.98 Å². The summed E-state index contributed by atoms with van der Waals surface area (Å²) >= 11 is 0. The Labute approximate surface area is 99.3 Å². The highest BCUT2D eigenvalue weighted by atomic mass is 16.1. The first kappa shape index (κ1) is 11.3. The summed E-state index contributed by atoms with van der Waals surface area (Å²) in [4.78, 5) is 22.6. The topological polar surface area (TPSA) is 70.7 Å². The molecule has 0 saturated heterocycles. The quantitative estimate of drug-likeness (QED) is 0.757. The Morgan fingerprint density at radius 2 is 2.12 bits per heavy atom. The number of carbonyl (C=O) groups excluding carboxylic acids is 1. The lowest BCUT2D eigenvalue weighted by Gasteiger charge is -2.03. The molecule has 5 nitrogen and oxygen atoms in total. The number of carbonyl (C=O) groups is 1. The molecule has 5 heteroatoms. The van der Waals surface area contributed by atoms with E-state index >= 15 is 0 Å². The number of rotatable bonds is 5. The molecule has 2 aromatic rings. The molecule has 0 atom stereocenters. The molecule has 0 bridgehead atoms. The van der Waals surface area contributed by atoms with Gasteiger partial charge in [0.25, 0.3) is 5.91 Å². The van der Waals surface area contributed by atoms with Crippen LogP contribution in [0.1, 0.15) is 22.6 Å². The van der Waals surface area contributed by atoms with Crippen molar-refractivity contribution in [2.24, 2.45) is 0 Å². The highest BCUT2D eigenvalue weighted by molar-refractivity contribution is 5.93. The third-order valence-corrected chi connectivity index (χ3v) is 2.37. The maximum Gasteiger partial charge on any atom is 0.251 e. The van der Waals surface area contributed by atoms with Crippen LogP contribution in [-0.4, -0.2) is 27.4 Å². The average Bonchev–Trinajstić information content (AvgIpc) is 2.88. The predicted octanol–water partition coefficient (Wildman–Crippen LogP) is 1.17. The van der Waals surface area contributed by atoms with E-state index < -0.39 is 0 Å². The molecule has 0 radical (unpaired) electrons. The van der Waals surface area contributed by atoms with Crippen LogP contribution in [0.25, 0.3) is 0 Å². The number of aromatic nitrogens is 3. The smallest absolute Gasteiger partial charge is 0.251 e. The molecule has 0 spiro atoms. The van der Waals surface area contributed by atoms with Crippen LogP contribution in [0.5, 0.6) is 0 Å². The molecule has 0 aromatic carbocycles. The fourth-order valence-corrected chi connectivity index (χ4v) is 1.50. The van der Waals surface area contributed by atoms with Crippen LogP contribution in [0.3, 0.4) is 0 Å². The Balaban J connectivity index is 1.70.